The lowest BCUT2D eigenvalue weighted by molar-refractivity contribution is 0.202. The van der Waals surface area contributed by atoms with Gasteiger partial charge in [0.25, 0.3) is 0 Å². The van der Waals surface area contributed by atoms with Gasteiger partial charge in [0, 0.05) is 11.8 Å². The third-order valence-corrected chi connectivity index (χ3v) is 4.06. The molecule has 0 radical (unpaired) electrons. The maximum atomic E-state index is 14.4. The highest BCUT2D eigenvalue weighted by atomic mass is 32.2. The molecule has 82 valence electrons. The molecule has 0 saturated carbocycles. The van der Waals surface area contributed by atoms with E-state index in [9.17, 15) is 4.39 Å². The lowest BCUT2D eigenvalue weighted by Gasteiger charge is -2.20. The Hall–Kier alpha value is -0.540. The van der Waals surface area contributed by atoms with Gasteiger partial charge in [-0.05, 0) is 30.2 Å². The maximum Gasteiger partial charge on any atom is 0.145 e. The van der Waals surface area contributed by atoms with Crippen LogP contribution in [0.1, 0.15) is 30.5 Å². The van der Waals surface area contributed by atoms with Crippen molar-refractivity contribution in [3.05, 3.63) is 35.4 Å². The van der Waals surface area contributed by atoms with Gasteiger partial charge in [-0.15, -0.1) is 0 Å². The van der Waals surface area contributed by atoms with Crippen LogP contribution in [0.15, 0.2) is 24.3 Å². The van der Waals surface area contributed by atoms with E-state index in [2.05, 4.69) is 0 Å². The van der Waals surface area contributed by atoms with E-state index in [1.165, 1.54) is 0 Å². The van der Waals surface area contributed by atoms with Crippen LogP contribution >= 0.6 is 11.8 Å². The molecule has 2 atom stereocenters. The minimum absolute atomic E-state index is 0.0254. The number of nitrogens with two attached hydrogens (primary N) is 1. The zero-order valence-corrected chi connectivity index (χ0v) is 9.69. The molecule has 1 aliphatic rings. The third kappa shape index (κ3) is 2.18. The molecule has 1 heterocycles. The standard InChI is InChI=1S/C12H16FNS/c1-9(14)10-3-2-4-11(7-10)12(13)5-6-15-8-12/h2-4,7,9H,5-6,8,14H2,1H3. The molecule has 2 rings (SSSR count). The van der Waals surface area contributed by atoms with Crippen LogP contribution in [0.4, 0.5) is 4.39 Å². The first-order chi connectivity index (χ1) is 7.12. The summed E-state index contributed by atoms with van der Waals surface area (Å²) in [7, 11) is 0. The van der Waals surface area contributed by atoms with Crippen LogP contribution in [0.3, 0.4) is 0 Å². The van der Waals surface area contributed by atoms with Crippen LogP contribution in [-0.2, 0) is 5.67 Å². The van der Waals surface area contributed by atoms with Crippen molar-refractivity contribution < 1.29 is 4.39 Å². The summed E-state index contributed by atoms with van der Waals surface area (Å²) in [4.78, 5) is 0. The van der Waals surface area contributed by atoms with Gasteiger partial charge in [0.1, 0.15) is 5.67 Å². The zero-order chi connectivity index (χ0) is 10.9. The summed E-state index contributed by atoms with van der Waals surface area (Å²) in [5.41, 5.74) is 6.48. The normalized spacial score (nSPS) is 27.9. The van der Waals surface area contributed by atoms with Crippen molar-refractivity contribution in [3.63, 3.8) is 0 Å². The van der Waals surface area contributed by atoms with E-state index in [4.69, 9.17) is 5.73 Å². The van der Waals surface area contributed by atoms with E-state index in [-0.39, 0.29) is 6.04 Å². The van der Waals surface area contributed by atoms with Crippen LogP contribution < -0.4 is 5.73 Å². The molecule has 0 spiro atoms. The molecule has 1 fully saturated rings. The van der Waals surface area contributed by atoms with Crippen LogP contribution in [0.5, 0.6) is 0 Å². The largest absolute Gasteiger partial charge is 0.324 e. The van der Waals surface area contributed by atoms with E-state index in [0.717, 1.165) is 16.9 Å². The van der Waals surface area contributed by atoms with Gasteiger partial charge >= 0.3 is 0 Å². The molecule has 1 aromatic rings. The average molecular weight is 225 g/mol. The molecule has 0 amide bonds. The molecule has 0 bridgehead atoms. The minimum atomic E-state index is -1.13. The average Bonchev–Trinajstić information content (AvgIpc) is 2.67. The summed E-state index contributed by atoms with van der Waals surface area (Å²) < 4.78 is 14.4. The highest BCUT2D eigenvalue weighted by molar-refractivity contribution is 7.99. The third-order valence-electron chi connectivity index (χ3n) is 2.90. The predicted octanol–water partition coefficient (Wildman–Crippen LogP) is 3.01. The molecule has 2 unspecified atom stereocenters. The second-order valence-corrected chi connectivity index (χ2v) is 5.29. The molecular weight excluding hydrogens is 209 g/mol. The van der Waals surface area contributed by atoms with Gasteiger partial charge < -0.3 is 5.73 Å². The molecule has 1 aliphatic heterocycles. The SMILES string of the molecule is CC(N)c1cccc(C2(F)CCSC2)c1. The Morgan fingerprint density at radius 1 is 1.53 bits per heavy atom. The van der Waals surface area contributed by atoms with Crippen molar-refractivity contribution >= 4 is 11.8 Å². The van der Waals surface area contributed by atoms with Gasteiger partial charge in [0.15, 0.2) is 0 Å². The summed E-state index contributed by atoms with van der Waals surface area (Å²) in [6, 6.07) is 7.62. The fourth-order valence-electron chi connectivity index (χ4n) is 1.87. The number of alkyl halides is 1. The van der Waals surface area contributed by atoms with E-state index >= 15 is 0 Å². The fourth-order valence-corrected chi connectivity index (χ4v) is 3.12. The predicted molar refractivity (Wildman–Crippen MR) is 63.8 cm³/mol. The lowest BCUT2D eigenvalue weighted by atomic mass is 9.92. The van der Waals surface area contributed by atoms with Crippen molar-refractivity contribution in [1.29, 1.82) is 0 Å². The van der Waals surface area contributed by atoms with Gasteiger partial charge in [-0.1, -0.05) is 24.3 Å². The van der Waals surface area contributed by atoms with Crippen LogP contribution in [0.25, 0.3) is 0 Å². The lowest BCUT2D eigenvalue weighted by Crippen LogP contribution is -2.19. The monoisotopic (exact) mass is 225 g/mol. The smallest absolute Gasteiger partial charge is 0.145 e. The maximum absolute atomic E-state index is 14.4. The first-order valence-electron chi connectivity index (χ1n) is 5.24. The molecule has 3 heteroatoms. The fraction of sp³-hybridized carbons (Fsp3) is 0.500. The summed E-state index contributed by atoms with van der Waals surface area (Å²) in [5.74, 6) is 1.49. The van der Waals surface area contributed by atoms with Gasteiger partial charge in [0.2, 0.25) is 0 Å². The van der Waals surface area contributed by atoms with Crippen molar-refractivity contribution in [2.75, 3.05) is 11.5 Å². The number of hydrogen-bond donors (Lipinski definition) is 1. The van der Waals surface area contributed by atoms with E-state index in [1.807, 2.05) is 31.2 Å². The molecule has 1 nitrogen and oxygen atoms in total. The van der Waals surface area contributed by atoms with Gasteiger partial charge in [-0.3, -0.25) is 0 Å². The number of benzene rings is 1. The Morgan fingerprint density at radius 3 is 2.93 bits per heavy atom. The summed E-state index contributed by atoms with van der Waals surface area (Å²) in [6.45, 7) is 1.92. The summed E-state index contributed by atoms with van der Waals surface area (Å²) in [5, 5.41) is 0. The van der Waals surface area contributed by atoms with Gasteiger partial charge in [-0.2, -0.15) is 11.8 Å². The molecule has 2 N–H and O–H groups in total. The van der Waals surface area contributed by atoms with Crippen molar-refractivity contribution in [2.24, 2.45) is 5.73 Å². The van der Waals surface area contributed by atoms with Gasteiger partial charge in [0.05, 0.1) is 0 Å². The van der Waals surface area contributed by atoms with E-state index in [1.54, 1.807) is 11.8 Å². The topological polar surface area (TPSA) is 26.0 Å². The Kier molecular flexibility index (Phi) is 3.03. The molecule has 0 aliphatic carbocycles. The Balaban J connectivity index is 2.31. The molecule has 1 saturated heterocycles. The summed E-state index contributed by atoms with van der Waals surface area (Å²) in [6.07, 6.45) is 0.625. The van der Waals surface area contributed by atoms with Crippen molar-refractivity contribution in [3.8, 4) is 0 Å². The van der Waals surface area contributed by atoms with E-state index < -0.39 is 5.67 Å². The highest BCUT2D eigenvalue weighted by Crippen LogP contribution is 2.40. The molecular formula is C12H16FNS. The Morgan fingerprint density at radius 2 is 2.33 bits per heavy atom. The highest BCUT2D eigenvalue weighted by Gasteiger charge is 2.36. The van der Waals surface area contributed by atoms with Crippen molar-refractivity contribution in [2.45, 2.75) is 25.1 Å². The first kappa shape index (κ1) is 11.0. The molecule has 15 heavy (non-hydrogen) atoms. The zero-order valence-electron chi connectivity index (χ0n) is 8.87. The van der Waals surface area contributed by atoms with Gasteiger partial charge in [-0.25, -0.2) is 4.39 Å². The molecule has 0 aromatic heterocycles. The quantitative estimate of drug-likeness (QED) is 0.837. The van der Waals surface area contributed by atoms with Crippen LogP contribution in [0, 0.1) is 0 Å². The number of thioether (sulfide) groups is 1. The number of halogens is 1. The Labute approximate surface area is 94.2 Å². The summed E-state index contributed by atoms with van der Waals surface area (Å²) >= 11 is 1.68. The second-order valence-electron chi connectivity index (χ2n) is 4.18. The molecule has 1 aromatic carbocycles. The first-order valence-corrected chi connectivity index (χ1v) is 6.40. The minimum Gasteiger partial charge on any atom is -0.324 e. The van der Waals surface area contributed by atoms with E-state index in [0.29, 0.717) is 12.2 Å². The van der Waals surface area contributed by atoms with Crippen LogP contribution in [-0.4, -0.2) is 11.5 Å². The van der Waals surface area contributed by atoms with Crippen LogP contribution in [0.2, 0.25) is 0 Å². The van der Waals surface area contributed by atoms with Crippen molar-refractivity contribution in [1.82, 2.24) is 0 Å². The number of rotatable bonds is 2. The number of hydrogen-bond acceptors (Lipinski definition) is 2. The Bertz CT molecular complexity index is 345. The second kappa shape index (κ2) is 4.14.